The Bertz CT molecular complexity index is 168. The number of alkyl halides is 7. The summed E-state index contributed by atoms with van der Waals surface area (Å²) in [6.07, 6.45) is -2.65. The molecule has 0 aromatic heterocycles. The fraction of sp³-hybridized carbons (Fsp3) is 1.00. The smallest absolute Gasteiger partial charge is 0.254 e. The SMILES string of the molecule is CCC[Si](CF)(C(F)(F)F)C(F)(F)F. The summed E-state index contributed by atoms with van der Waals surface area (Å²) < 4.78 is 85.1. The lowest BCUT2D eigenvalue weighted by Crippen LogP contribution is -2.64. The van der Waals surface area contributed by atoms with Crippen LogP contribution in [-0.2, 0) is 0 Å². The standard InChI is InChI=1S/C6H9F7Si/c1-2-3-14(4-7,5(8,9)10)6(11,12)13/h2-4H2,1H3. The van der Waals surface area contributed by atoms with Gasteiger partial charge in [-0.05, 0) is 6.04 Å². The molecule has 0 aromatic rings. The molecule has 0 aliphatic heterocycles. The van der Waals surface area contributed by atoms with Gasteiger partial charge in [0.05, 0.1) is 6.30 Å². The van der Waals surface area contributed by atoms with E-state index in [2.05, 4.69) is 0 Å². The first kappa shape index (κ1) is 13.7. The van der Waals surface area contributed by atoms with Crippen molar-refractivity contribution in [2.24, 2.45) is 0 Å². The van der Waals surface area contributed by atoms with Gasteiger partial charge in [-0.3, -0.25) is 4.39 Å². The Morgan fingerprint density at radius 2 is 1.29 bits per heavy atom. The summed E-state index contributed by atoms with van der Waals surface area (Å²) >= 11 is 0. The summed E-state index contributed by atoms with van der Waals surface area (Å²) in [6, 6.07) is -1.14. The second-order valence-electron chi connectivity index (χ2n) is 2.96. The molecule has 14 heavy (non-hydrogen) atoms. The van der Waals surface area contributed by atoms with Crippen LogP contribution >= 0.6 is 0 Å². The average Bonchev–Trinajstić information content (AvgIpc) is 1.94. The zero-order valence-electron chi connectivity index (χ0n) is 7.27. The van der Waals surface area contributed by atoms with Crippen molar-refractivity contribution in [3.63, 3.8) is 0 Å². The molecule has 0 bridgehead atoms. The van der Waals surface area contributed by atoms with Crippen LogP contribution in [0.15, 0.2) is 0 Å². The maximum absolute atomic E-state index is 12.2. The lowest BCUT2D eigenvalue weighted by molar-refractivity contribution is -0.116. The van der Waals surface area contributed by atoms with Crippen LogP contribution in [0.4, 0.5) is 30.7 Å². The molecule has 0 atom stereocenters. The van der Waals surface area contributed by atoms with E-state index < -0.39 is 32.0 Å². The molecule has 0 rings (SSSR count). The van der Waals surface area contributed by atoms with Gasteiger partial charge in [0.1, 0.15) is 0 Å². The van der Waals surface area contributed by atoms with E-state index in [0.717, 1.165) is 0 Å². The first-order valence-electron chi connectivity index (χ1n) is 3.82. The summed E-state index contributed by atoms with van der Waals surface area (Å²) in [5.41, 5.74) is 0. The molecule has 0 aliphatic carbocycles. The number of rotatable bonds is 3. The van der Waals surface area contributed by atoms with Crippen LogP contribution in [0.1, 0.15) is 13.3 Å². The van der Waals surface area contributed by atoms with Crippen LogP contribution in [0.3, 0.4) is 0 Å². The zero-order valence-corrected chi connectivity index (χ0v) is 8.27. The Morgan fingerprint density at radius 1 is 0.929 bits per heavy atom. The maximum atomic E-state index is 12.2. The highest BCUT2D eigenvalue weighted by Crippen LogP contribution is 2.44. The molecule has 0 N–H and O–H groups in total. The largest absolute Gasteiger partial charge is 0.374 e. The fourth-order valence-corrected chi connectivity index (χ4v) is 3.27. The van der Waals surface area contributed by atoms with Gasteiger partial charge in [0.25, 0.3) is 0 Å². The Hall–Kier alpha value is -0.273. The van der Waals surface area contributed by atoms with Gasteiger partial charge < -0.3 is 0 Å². The molecule has 0 saturated carbocycles. The van der Waals surface area contributed by atoms with Crippen molar-refractivity contribution in [1.29, 1.82) is 0 Å². The molecular formula is C6H9F7Si. The van der Waals surface area contributed by atoms with Gasteiger partial charge >= 0.3 is 19.7 Å². The van der Waals surface area contributed by atoms with Crippen molar-refractivity contribution in [3.8, 4) is 0 Å². The van der Waals surface area contributed by atoms with Gasteiger partial charge in [-0.15, -0.1) is 0 Å². The predicted molar refractivity (Wildman–Crippen MR) is 38.9 cm³/mol. The van der Waals surface area contributed by atoms with Gasteiger partial charge in [-0.1, -0.05) is 13.3 Å². The number of halogens is 7. The quantitative estimate of drug-likeness (QED) is 0.524. The second kappa shape index (κ2) is 4.07. The predicted octanol–water partition coefficient (Wildman–Crippen LogP) is 3.56. The molecule has 0 radical (unpaired) electrons. The molecule has 0 amide bonds. The molecule has 0 heterocycles. The second-order valence-corrected chi connectivity index (χ2v) is 7.03. The Morgan fingerprint density at radius 3 is 1.36 bits per heavy atom. The van der Waals surface area contributed by atoms with Crippen molar-refractivity contribution >= 4 is 8.07 Å². The van der Waals surface area contributed by atoms with E-state index in [0.29, 0.717) is 0 Å². The van der Waals surface area contributed by atoms with E-state index in [9.17, 15) is 30.7 Å². The average molecular weight is 242 g/mol. The summed E-state index contributed by atoms with van der Waals surface area (Å²) in [7, 11) is -5.84. The first-order valence-corrected chi connectivity index (χ1v) is 6.23. The zero-order chi connectivity index (χ0) is 11.6. The highest BCUT2D eigenvalue weighted by Gasteiger charge is 2.73. The fourth-order valence-electron chi connectivity index (χ4n) is 1.09. The summed E-state index contributed by atoms with van der Waals surface area (Å²) in [5.74, 6) is -10.9. The third-order valence-corrected chi connectivity index (χ3v) is 5.97. The van der Waals surface area contributed by atoms with Gasteiger partial charge in [0.15, 0.2) is 0 Å². The Kier molecular flexibility index (Phi) is 3.99. The highest BCUT2D eigenvalue weighted by molar-refractivity contribution is 6.83. The van der Waals surface area contributed by atoms with Crippen molar-refractivity contribution in [1.82, 2.24) is 0 Å². The summed E-state index contributed by atoms with van der Waals surface area (Å²) in [4.78, 5) is 0. The Balaban J connectivity index is 5.21. The van der Waals surface area contributed by atoms with Crippen molar-refractivity contribution in [3.05, 3.63) is 0 Å². The van der Waals surface area contributed by atoms with E-state index in [-0.39, 0.29) is 6.42 Å². The molecule has 0 saturated heterocycles. The molecule has 0 aliphatic rings. The minimum Gasteiger partial charge on any atom is -0.254 e. The molecule has 86 valence electrons. The number of hydrogen-bond acceptors (Lipinski definition) is 0. The lowest BCUT2D eigenvalue weighted by Gasteiger charge is -2.31. The van der Waals surface area contributed by atoms with Crippen molar-refractivity contribution < 1.29 is 30.7 Å². The first-order chi connectivity index (χ1) is 6.12. The summed E-state index contributed by atoms with van der Waals surface area (Å²) in [6.45, 7) is 1.18. The third kappa shape index (κ3) is 2.21. The van der Waals surface area contributed by atoms with Gasteiger partial charge in [-0.2, -0.15) is 26.3 Å². The Labute approximate surface area is 77.1 Å². The lowest BCUT2D eigenvalue weighted by atomic mass is 10.6. The van der Waals surface area contributed by atoms with Gasteiger partial charge in [0, 0.05) is 0 Å². The molecule has 0 nitrogen and oxygen atoms in total. The summed E-state index contributed by atoms with van der Waals surface area (Å²) in [5, 5.41) is 0. The highest BCUT2D eigenvalue weighted by atomic mass is 28.3. The number of hydrogen-bond donors (Lipinski definition) is 0. The van der Waals surface area contributed by atoms with E-state index in [1.807, 2.05) is 0 Å². The van der Waals surface area contributed by atoms with Gasteiger partial charge in [-0.25, -0.2) is 0 Å². The van der Waals surface area contributed by atoms with Crippen molar-refractivity contribution in [2.75, 3.05) is 6.30 Å². The van der Waals surface area contributed by atoms with E-state index >= 15 is 0 Å². The van der Waals surface area contributed by atoms with Gasteiger partial charge in [0.2, 0.25) is 0 Å². The van der Waals surface area contributed by atoms with Crippen LogP contribution in [-0.4, -0.2) is 26.0 Å². The molecule has 0 aromatic carbocycles. The van der Waals surface area contributed by atoms with Crippen LogP contribution in [0.5, 0.6) is 0 Å². The molecule has 0 spiro atoms. The molecule has 8 heteroatoms. The minimum atomic E-state index is -5.84. The molecular weight excluding hydrogens is 233 g/mol. The van der Waals surface area contributed by atoms with Crippen molar-refractivity contribution in [2.45, 2.75) is 31.0 Å². The van der Waals surface area contributed by atoms with Crippen LogP contribution in [0, 0.1) is 0 Å². The third-order valence-electron chi connectivity index (χ3n) is 1.99. The van der Waals surface area contributed by atoms with Crippen LogP contribution in [0.25, 0.3) is 0 Å². The topological polar surface area (TPSA) is 0 Å². The monoisotopic (exact) mass is 242 g/mol. The maximum Gasteiger partial charge on any atom is 0.374 e. The van der Waals surface area contributed by atoms with Crippen LogP contribution in [0.2, 0.25) is 6.04 Å². The molecule has 0 fully saturated rings. The molecule has 0 unspecified atom stereocenters. The van der Waals surface area contributed by atoms with E-state index in [1.165, 1.54) is 6.92 Å². The minimum absolute atomic E-state index is 0.324. The van der Waals surface area contributed by atoms with Crippen LogP contribution < -0.4 is 0 Å². The van der Waals surface area contributed by atoms with E-state index in [4.69, 9.17) is 0 Å². The van der Waals surface area contributed by atoms with E-state index in [1.54, 1.807) is 0 Å². The normalized spacial score (nSPS) is 14.6.